The van der Waals surface area contributed by atoms with Crippen LogP contribution in [-0.4, -0.2) is 44.4 Å². The van der Waals surface area contributed by atoms with Gasteiger partial charge in [-0.15, -0.1) is 0 Å². The topological polar surface area (TPSA) is 136 Å². The van der Waals surface area contributed by atoms with E-state index in [0.717, 1.165) is 10.5 Å². The van der Waals surface area contributed by atoms with Crippen molar-refractivity contribution in [3.8, 4) is 6.07 Å². The summed E-state index contributed by atoms with van der Waals surface area (Å²) in [6.45, 7) is -0.465. The largest absolute Gasteiger partial charge is 0.507 e. The Balaban J connectivity index is 1.32. The number of allylic oxidation sites excluding steroid dienone is 1. The minimum absolute atomic E-state index is 0.0338. The third-order valence-electron chi connectivity index (χ3n) is 5.76. The van der Waals surface area contributed by atoms with Crippen LogP contribution in [0.3, 0.4) is 0 Å². The van der Waals surface area contributed by atoms with Crippen molar-refractivity contribution in [3.63, 3.8) is 0 Å². The van der Waals surface area contributed by atoms with Crippen molar-refractivity contribution in [2.24, 2.45) is 0 Å². The molecule has 0 fully saturated rings. The Hall–Kier alpha value is -5.23. The van der Waals surface area contributed by atoms with E-state index in [1.807, 2.05) is 36.4 Å². The van der Waals surface area contributed by atoms with Crippen LogP contribution in [0.1, 0.15) is 42.5 Å². The lowest BCUT2D eigenvalue weighted by Gasteiger charge is -2.13. The van der Waals surface area contributed by atoms with E-state index >= 15 is 0 Å². The van der Waals surface area contributed by atoms with Crippen molar-refractivity contribution in [2.45, 2.75) is 6.54 Å². The number of H-pyrrole nitrogens is 1. The van der Waals surface area contributed by atoms with Gasteiger partial charge in [0, 0.05) is 0 Å². The minimum Gasteiger partial charge on any atom is -0.507 e. The zero-order valence-electron chi connectivity index (χ0n) is 18.8. The van der Waals surface area contributed by atoms with E-state index in [1.165, 1.54) is 18.2 Å². The number of para-hydroxylation sites is 2. The van der Waals surface area contributed by atoms with Gasteiger partial charge < -0.3 is 14.8 Å². The van der Waals surface area contributed by atoms with Crippen molar-refractivity contribution < 1.29 is 24.2 Å². The number of nitriles is 1. The van der Waals surface area contributed by atoms with Gasteiger partial charge in [0.1, 0.15) is 18.2 Å². The molecule has 0 radical (unpaired) electrons. The molecule has 0 saturated heterocycles. The van der Waals surface area contributed by atoms with Gasteiger partial charge in [-0.25, -0.2) is 9.78 Å². The van der Waals surface area contributed by atoms with E-state index < -0.39 is 30.1 Å². The van der Waals surface area contributed by atoms with Crippen molar-refractivity contribution in [1.82, 2.24) is 14.9 Å². The molecule has 0 unspecified atom stereocenters. The highest BCUT2D eigenvalue weighted by Gasteiger charge is 2.36. The summed E-state index contributed by atoms with van der Waals surface area (Å²) in [4.78, 5) is 46.6. The molecular formula is C27H18N4O5. The second-order valence-corrected chi connectivity index (χ2v) is 8.05. The summed E-state index contributed by atoms with van der Waals surface area (Å²) in [5.74, 6) is -2.11. The number of benzene rings is 3. The van der Waals surface area contributed by atoms with Crippen LogP contribution in [-0.2, 0) is 11.3 Å². The Bertz CT molecular complexity index is 1560. The summed E-state index contributed by atoms with van der Waals surface area (Å²) in [5.41, 5.74) is 2.27. The lowest BCUT2D eigenvalue weighted by Crippen LogP contribution is -2.29. The maximum atomic E-state index is 12.9. The molecule has 0 bridgehead atoms. The molecule has 0 spiro atoms. The summed E-state index contributed by atoms with van der Waals surface area (Å²) in [7, 11) is 0. The predicted octanol–water partition coefficient (Wildman–Crippen LogP) is 4.01. The van der Waals surface area contributed by atoms with E-state index in [1.54, 1.807) is 24.3 Å². The normalized spacial score (nSPS) is 13.4. The van der Waals surface area contributed by atoms with Crippen molar-refractivity contribution in [1.29, 1.82) is 5.26 Å². The molecule has 36 heavy (non-hydrogen) atoms. The molecule has 1 aliphatic rings. The Morgan fingerprint density at radius 3 is 2.47 bits per heavy atom. The van der Waals surface area contributed by atoms with Gasteiger partial charge in [-0.3, -0.25) is 14.5 Å². The zero-order chi connectivity index (χ0) is 25.2. The lowest BCUT2D eigenvalue weighted by atomic mass is 10.1. The van der Waals surface area contributed by atoms with Crippen LogP contribution in [0.15, 0.2) is 78.6 Å². The third kappa shape index (κ3) is 4.08. The quantitative estimate of drug-likeness (QED) is 0.185. The van der Waals surface area contributed by atoms with Gasteiger partial charge in [-0.1, -0.05) is 42.5 Å². The number of carbonyl (C=O) groups is 3. The molecule has 0 saturated carbocycles. The van der Waals surface area contributed by atoms with Gasteiger partial charge in [0.15, 0.2) is 11.6 Å². The van der Waals surface area contributed by atoms with Crippen molar-refractivity contribution >= 4 is 34.4 Å². The van der Waals surface area contributed by atoms with E-state index in [-0.39, 0.29) is 34.6 Å². The summed E-state index contributed by atoms with van der Waals surface area (Å²) < 4.78 is 5.16. The first kappa shape index (κ1) is 22.6. The number of amides is 2. The average molecular weight is 478 g/mol. The first-order valence-electron chi connectivity index (χ1n) is 10.9. The summed E-state index contributed by atoms with van der Waals surface area (Å²) in [6, 6.07) is 22.2. The maximum absolute atomic E-state index is 12.9. The van der Waals surface area contributed by atoms with Crippen molar-refractivity contribution in [3.05, 3.63) is 107 Å². The van der Waals surface area contributed by atoms with Crippen LogP contribution in [0.5, 0.6) is 0 Å². The second kappa shape index (κ2) is 9.19. The Kier molecular flexibility index (Phi) is 5.76. The average Bonchev–Trinajstić information content (AvgIpc) is 3.43. The molecular weight excluding hydrogens is 460 g/mol. The van der Waals surface area contributed by atoms with Gasteiger partial charge in [0.05, 0.1) is 34.3 Å². The number of imidazole rings is 1. The first-order valence-corrected chi connectivity index (χ1v) is 10.9. The number of aromatic nitrogens is 2. The fourth-order valence-corrected chi connectivity index (χ4v) is 3.94. The number of aliphatic hydroxyl groups excluding tert-OH is 1. The Morgan fingerprint density at radius 1 is 1.00 bits per heavy atom. The molecule has 176 valence electrons. The molecule has 9 heteroatoms. The fraction of sp³-hybridized carbons (Fsp3) is 0.0741. The maximum Gasteiger partial charge on any atom is 0.338 e. The molecule has 9 nitrogen and oxygen atoms in total. The number of nitrogens with zero attached hydrogens (tertiary/aromatic N) is 3. The molecule has 5 rings (SSSR count). The van der Waals surface area contributed by atoms with Crippen LogP contribution in [0.2, 0.25) is 0 Å². The number of fused-ring (bicyclic) bond motifs is 2. The van der Waals surface area contributed by atoms with E-state index in [0.29, 0.717) is 11.0 Å². The minimum atomic E-state index is -0.826. The van der Waals surface area contributed by atoms with E-state index in [4.69, 9.17) is 4.74 Å². The monoisotopic (exact) mass is 478 g/mol. The van der Waals surface area contributed by atoms with Gasteiger partial charge >= 0.3 is 5.97 Å². The molecule has 2 N–H and O–H groups in total. The number of nitrogens with one attached hydrogen (secondary N) is 1. The number of hydrogen-bond donors (Lipinski definition) is 2. The molecule has 0 atom stereocenters. The molecule has 1 aromatic heterocycles. The Morgan fingerprint density at radius 2 is 1.72 bits per heavy atom. The number of hydrogen-bond acceptors (Lipinski definition) is 7. The second-order valence-electron chi connectivity index (χ2n) is 8.05. The van der Waals surface area contributed by atoms with E-state index in [2.05, 4.69) is 9.97 Å². The van der Waals surface area contributed by atoms with Crippen LogP contribution >= 0.6 is 0 Å². The van der Waals surface area contributed by atoms with Gasteiger partial charge in [-0.05, 0) is 35.9 Å². The Labute approximate surface area is 204 Å². The van der Waals surface area contributed by atoms with Gasteiger partial charge in [0.25, 0.3) is 11.8 Å². The van der Waals surface area contributed by atoms with Crippen LogP contribution in [0.4, 0.5) is 0 Å². The molecule has 1 aliphatic heterocycles. The highest BCUT2D eigenvalue weighted by atomic mass is 16.5. The smallest absolute Gasteiger partial charge is 0.338 e. The molecule has 2 amide bonds. The summed E-state index contributed by atoms with van der Waals surface area (Å²) in [5, 5.41) is 19.9. The lowest BCUT2D eigenvalue weighted by molar-refractivity contribution is 0.0502. The standard InChI is InChI=1S/C27H18N4O5/c28-13-20(24-29-21-8-4-5-9-22(21)30-24)23(32)15-36-27(35)17-10-11-18-19(12-17)26(34)31(25(18)33)14-16-6-2-1-3-7-16/h1-12,32H,14-15H2,(H,29,30)/b23-20-. The molecule has 0 aliphatic carbocycles. The van der Waals surface area contributed by atoms with Crippen LogP contribution < -0.4 is 0 Å². The summed E-state index contributed by atoms with van der Waals surface area (Å²) >= 11 is 0. The molecule has 4 aromatic rings. The zero-order valence-corrected chi connectivity index (χ0v) is 18.8. The molecule has 3 aromatic carbocycles. The first-order chi connectivity index (χ1) is 17.5. The van der Waals surface area contributed by atoms with Crippen molar-refractivity contribution in [2.75, 3.05) is 6.61 Å². The number of imide groups is 1. The highest BCUT2D eigenvalue weighted by molar-refractivity contribution is 6.21. The number of carbonyl (C=O) groups excluding carboxylic acids is 3. The number of ether oxygens (including phenoxy) is 1. The van der Waals surface area contributed by atoms with E-state index in [9.17, 15) is 24.8 Å². The highest BCUT2D eigenvalue weighted by Crippen LogP contribution is 2.26. The fourth-order valence-electron chi connectivity index (χ4n) is 3.94. The van der Waals surface area contributed by atoms with Crippen LogP contribution in [0, 0.1) is 11.3 Å². The number of aliphatic hydroxyl groups is 1. The number of rotatable bonds is 6. The van der Waals surface area contributed by atoms with Gasteiger partial charge in [-0.2, -0.15) is 5.26 Å². The predicted molar refractivity (Wildman–Crippen MR) is 129 cm³/mol. The molecule has 2 heterocycles. The SMILES string of the molecule is N#C/C(=C(/O)COC(=O)c1ccc2c(c1)C(=O)N(Cc1ccccc1)C2=O)c1nc2ccccc2[nH]1. The van der Waals surface area contributed by atoms with Crippen LogP contribution in [0.25, 0.3) is 16.6 Å². The summed E-state index contributed by atoms with van der Waals surface area (Å²) in [6.07, 6.45) is 0. The third-order valence-corrected chi connectivity index (χ3v) is 5.76. The number of aromatic amines is 1. The van der Waals surface area contributed by atoms with Gasteiger partial charge in [0.2, 0.25) is 0 Å². The number of esters is 1.